The zero-order valence-corrected chi connectivity index (χ0v) is 20.2. The molecule has 1 aliphatic rings. The minimum atomic E-state index is -0.732. The Morgan fingerprint density at radius 3 is 2.69 bits per heavy atom. The van der Waals surface area contributed by atoms with E-state index in [4.69, 9.17) is 10.7 Å². The number of aromatic nitrogens is 6. The molecule has 4 aromatic rings. The zero-order valence-electron chi connectivity index (χ0n) is 20.2. The summed E-state index contributed by atoms with van der Waals surface area (Å²) in [6.07, 6.45) is 2.48. The molecule has 10 nitrogen and oxygen atoms in total. The van der Waals surface area contributed by atoms with Gasteiger partial charge in [0.15, 0.2) is 0 Å². The normalized spacial score (nSPS) is 16.8. The Hall–Kier alpha value is -4.18. The van der Waals surface area contributed by atoms with Crippen LogP contribution in [0.2, 0.25) is 0 Å². The molecule has 2 atom stereocenters. The Bertz CT molecular complexity index is 1400. The molecule has 184 valence electrons. The molecule has 5 rings (SSSR count). The number of rotatable bonds is 7. The van der Waals surface area contributed by atoms with Crippen LogP contribution in [-0.2, 0) is 11.3 Å². The zero-order chi connectivity index (χ0) is 25.2. The van der Waals surface area contributed by atoms with Crippen LogP contribution in [-0.4, -0.2) is 59.0 Å². The average molecular weight is 485 g/mol. The number of hydrogen-bond donors (Lipinski definition) is 2. The summed E-state index contributed by atoms with van der Waals surface area (Å²) in [6, 6.07) is 15.8. The lowest BCUT2D eigenvalue weighted by Crippen LogP contribution is -2.27. The van der Waals surface area contributed by atoms with Gasteiger partial charge in [0, 0.05) is 18.2 Å². The molecule has 0 unspecified atom stereocenters. The van der Waals surface area contributed by atoms with E-state index in [9.17, 15) is 9.90 Å². The first-order chi connectivity index (χ1) is 17.4. The number of carboxylic acid groups (broad SMARTS) is 1. The second-order valence-electron chi connectivity index (χ2n) is 9.22. The van der Waals surface area contributed by atoms with Crippen molar-refractivity contribution >= 4 is 11.9 Å². The molecule has 1 fully saturated rings. The minimum absolute atomic E-state index is 0.0321. The quantitative estimate of drug-likeness (QED) is 0.405. The molecule has 3 aromatic heterocycles. The first-order valence-electron chi connectivity index (χ1n) is 11.9. The average Bonchev–Trinajstić information content (AvgIpc) is 3.54. The van der Waals surface area contributed by atoms with E-state index >= 15 is 0 Å². The van der Waals surface area contributed by atoms with E-state index in [0.717, 1.165) is 34.8 Å². The number of anilines is 1. The number of hydrogen-bond acceptors (Lipinski definition) is 8. The smallest absolute Gasteiger partial charge is 0.307 e. The largest absolute Gasteiger partial charge is 0.481 e. The molecule has 4 heterocycles. The van der Waals surface area contributed by atoms with Crippen molar-refractivity contribution in [2.45, 2.75) is 32.9 Å². The summed E-state index contributed by atoms with van der Waals surface area (Å²) in [5.74, 6) is -0.870. The maximum atomic E-state index is 11.3. The van der Waals surface area contributed by atoms with E-state index in [1.165, 1.54) is 0 Å². The van der Waals surface area contributed by atoms with Crippen LogP contribution < -0.4 is 5.73 Å². The number of carbonyl (C=O) groups is 1. The molecule has 10 heteroatoms. The fraction of sp³-hybridized carbons (Fsp3) is 0.308. The standard InChI is InChI=1S/C26H28N8O2/c1-16-5-3-6-18(11-16)22-12-23(30-26(27)29-22)24-15-34(32-31-24)14-20-7-4-8-21(28-20)17(2)33-10-9-19(13-33)25(35)36/h3-8,11-12,15,17,19H,9-10,13-14H2,1-2H3,(H,35,36)(H2,27,29,30)/t17-,19+/m1/s1. The van der Waals surface area contributed by atoms with E-state index in [-0.39, 0.29) is 17.9 Å². The molecule has 1 aliphatic heterocycles. The van der Waals surface area contributed by atoms with Crippen molar-refractivity contribution in [2.24, 2.45) is 5.92 Å². The van der Waals surface area contributed by atoms with Crippen LogP contribution in [0.1, 0.15) is 36.3 Å². The second kappa shape index (κ2) is 9.82. The highest BCUT2D eigenvalue weighted by atomic mass is 16.4. The molecule has 1 aromatic carbocycles. The topological polar surface area (TPSA) is 136 Å². The van der Waals surface area contributed by atoms with E-state index in [0.29, 0.717) is 30.9 Å². The third-order valence-corrected chi connectivity index (χ3v) is 6.56. The minimum Gasteiger partial charge on any atom is -0.481 e. The van der Waals surface area contributed by atoms with Crippen LogP contribution in [0.25, 0.3) is 22.6 Å². The van der Waals surface area contributed by atoms with Crippen molar-refractivity contribution in [3.63, 3.8) is 0 Å². The summed E-state index contributed by atoms with van der Waals surface area (Å²) in [7, 11) is 0. The van der Waals surface area contributed by atoms with Gasteiger partial charge >= 0.3 is 5.97 Å². The Kier molecular flexibility index (Phi) is 6.43. The van der Waals surface area contributed by atoms with Gasteiger partial charge in [-0.05, 0) is 51.1 Å². The van der Waals surface area contributed by atoms with Crippen molar-refractivity contribution in [1.82, 2.24) is 34.8 Å². The molecule has 1 saturated heterocycles. The molecule has 0 bridgehead atoms. The Balaban J connectivity index is 1.33. The summed E-state index contributed by atoms with van der Waals surface area (Å²) in [4.78, 5) is 27.0. The number of aliphatic carboxylic acids is 1. The fourth-order valence-electron chi connectivity index (χ4n) is 4.55. The maximum absolute atomic E-state index is 11.3. The molecular formula is C26H28N8O2. The van der Waals surface area contributed by atoms with Crippen LogP contribution >= 0.6 is 0 Å². The van der Waals surface area contributed by atoms with E-state index in [1.54, 1.807) is 4.68 Å². The van der Waals surface area contributed by atoms with Crippen molar-refractivity contribution < 1.29 is 9.90 Å². The summed E-state index contributed by atoms with van der Waals surface area (Å²) < 4.78 is 1.72. The number of nitrogens with zero attached hydrogens (tertiary/aromatic N) is 7. The first kappa shape index (κ1) is 23.6. The lowest BCUT2D eigenvalue weighted by Gasteiger charge is -2.23. The lowest BCUT2D eigenvalue weighted by atomic mass is 10.1. The second-order valence-corrected chi connectivity index (χ2v) is 9.22. The molecule has 0 spiro atoms. The van der Waals surface area contributed by atoms with E-state index in [2.05, 4.69) is 32.1 Å². The number of pyridine rings is 1. The molecule has 3 N–H and O–H groups in total. The Morgan fingerprint density at radius 2 is 1.92 bits per heavy atom. The number of nitrogens with two attached hydrogens (primary N) is 1. The van der Waals surface area contributed by atoms with Gasteiger partial charge in [0.25, 0.3) is 0 Å². The molecule has 0 radical (unpaired) electrons. The number of carboxylic acids is 1. The highest BCUT2D eigenvalue weighted by Crippen LogP contribution is 2.27. The van der Waals surface area contributed by atoms with Gasteiger partial charge in [0.1, 0.15) is 5.69 Å². The van der Waals surface area contributed by atoms with Crippen LogP contribution in [0.4, 0.5) is 5.95 Å². The van der Waals surface area contributed by atoms with Gasteiger partial charge < -0.3 is 10.8 Å². The maximum Gasteiger partial charge on any atom is 0.307 e. The third kappa shape index (κ3) is 5.08. The summed E-state index contributed by atoms with van der Waals surface area (Å²) in [5.41, 5.74) is 11.8. The van der Waals surface area contributed by atoms with Crippen LogP contribution in [0.3, 0.4) is 0 Å². The van der Waals surface area contributed by atoms with Gasteiger partial charge in [-0.1, -0.05) is 35.0 Å². The fourth-order valence-corrected chi connectivity index (χ4v) is 4.55. The number of aryl methyl sites for hydroxylation is 1. The molecule has 36 heavy (non-hydrogen) atoms. The highest BCUT2D eigenvalue weighted by molar-refractivity contribution is 5.70. The van der Waals surface area contributed by atoms with Crippen molar-refractivity contribution in [2.75, 3.05) is 18.8 Å². The summed E-state index contributed by atoms with van der Waals surface area (Å²) in [5, 5.41) is 17.9. The van der Waals surface area contributed by atoms with E-state index in [1.807, 2.05) is 61.7 Å². The number of likely N-dealkylation sites (tertiary alicyclic amines) is 1. The Labute approximate surface area is 208 Å². The predicted octanol–water partition coefficient (Wildman–Crippen LogP) is 3.20. The predicted molar refractivity (Wildman–Crippen MR) is 135 cm³/mol. The van der Waals surface area contributed by atoms with Crippen LogP contribution in [0.15, 0.2) is 54.7 Å². The molecule has 0 saturated carbocycles. The van der Waals surface area contributed by atoms with Gasteiger partial charge in [-0.3, -0.25) is 14.7 Å². The van der Waals surface area contributed by atoms with Gasteiger partial charge in [0.05, 0.1) is 41.4 Å². The van der Waals surface area contributed by atoms with Crippen molar-refractivity contribution in [3.05, 3.63) is 71.7 Å². The van der Waals surface area contributed by atoms with Crippen LogP contribution in [0, 0.1) is 12.8 Å². The molecule has 0 aliphatic carbocycles. The Morgan fingerprint density at radius 1 is 1.11 bits per heavy atom. The highest BCUT2D eigenvalue weighted by Gasteiger charge is 2.31. The van der Waals surface area contributed by atoms with Gasteiger partial charge in [0.2, 0.25) is 5.95 Å². The van der Waals surface area contributed by atoms with Gasteiger partial charge in [-0.15, -0.1) is 5.10 Å². The van der Waals surface area contributed by atoms with Gasteiger partial charge in [-0.25, -0.2) is 14.6 Å². The lowest BCUT2D eigenvalue weighted by molar-refractivity contribution is -0.141. The summed E-state index contributed by atoms with van der Waals surface area (Å²) in [6.45, 7) is 5.83. The first-order valence-corrected chi connectivity index (χ1v) is 11.9. The molecular weight excluding hydrogens is 456 g/mol. The monoisotopic (exact) mass is 484 g/mol. The van der Waals surface area contributed by atoms with Crippen LogP contribution in [0.5, 0.6) is 0 Å². The van der Waals surface area contributed by atoms with Gasteiger partial charge in [-0.2, -0.15) is 0 Å². The van der Waals surface area contributed by atoms with Crippen molar-refractivity contribution in [1.29, 1.82) is 0 Å². The van der Waals surface area contributed by atoms with E-state index < -0.39 is 5.97 Å². The third-order valence-electron chi connectivity index (χ3n) is 6.56. The number of nitrogen functional groups attached to an aromatic ring is 1. The number of benzene rings is 1. The SMILES string of the molecule is Cc1cccc(-c2cc(-c3cn(Cc4cccc([C@@H](C)N5CC[C@H](C(=O)O)C5)n4)nn3)nc(N)n2)c1. The summed E-state index contributed by atoms with van der Waals surface area (Å²) >= 11 is 0. The molecule has 0 amide bonds. The van der Waals surface area contributed by atoms with Crippen molar-refractivity contribution in [3.8, 4) is 22.6 Å².